The molecule has 76 valence electrons. The van der Waals surface area contributed by atoms with E-state index in [1.54, 1.807) is 20.1 Å². The summed E-state index contributed by atoms with van der Waals surface area (Å²) in [7, 11) is 0. The van der Waals surface area contributed by atoms with Crippen molar-refractivity contribution in [2.24, 2.45) is 10.9 Å². The van der Waals surface area contributed by atoms with Crippen LogP contribution in [-0.4, -0.2) is 23.5 Å². The van der Waals surface area contributed by atoms with Crippen LogP contribution in [0.1, 0.15) is 27.2 Å². The summed E-state index contributed by atoms with van der Waals surface area (Å²) in [5, 5.41) is 9.67. The summed E-state index contributed by atoms with van der Waals surface area (Å²) >= 11 is 0. The maximum atomic E-state index is 9.67. The molecule has 1 heterocycles. The number of aliphatic hydroxyl groups is 1. The first-order valence-electron chi connectivity index (χ1n) is 4.93. The molecule has 0 spiro atoms. The number of dihydropyridines is 1. The molecule has 0 fully saturated rings. The fraction of sp³-hybridized carbons (Fsp3) is 0.583. The molecular formula is C12H17NO. The minimum absolute atomic E-state index is 0.0118. The highest BCUT2D eigenvalue weighted by Crippen LogP contribution is 2.14. The van der Waals surface area contributed by atoms with Crippen molar-refractivity contribution in [3.8, 4) is 11.8 Å². The van der Waals surface area contributed by atoms with Crippen molar-refractivity contribution in [1.82, 2.24) is 0 Å². The van der Waals surface area contributed by atoms with Crippen molar-refractivity contribution < 1.29 is 5.11 Å². The summed E-state index contributed by atoms with van der Waals surface area (Å²) in [6.45, 7) is 6.33. The van der Waals surface area contributed by atoms with Gasteiger partial charge in [-0.3, -0.25) is 4.99 Å². The quantitative estimate of drug-likeness (QED) is 0.630. The van der Waals surface area contributed by atoms with E-state index in [9.17, 15) is 5.11 Å². The molecule has 0 bridgehead atoms. The van der Waals surface area contributed by atoms with E-state index < -0.39 is 5.60 Å². The Labute approximate surface area is 85.7 Å². The fourth-order valence-electron chi connectivity index (χ4n) is 0.967. The third-order valence-electron chi connectivity index (χ3n) is 2.40. The number of hydrogen-bond donors (Lipinski definition) is 1. The van der Waals surface area contributed by atoms with Gasteiger partial charge in [0.05, 0.1) is 5.60 Å². The lowest BCUT2D eigenvalue weighted by Crippen LogP contribution is -2.27. The zero-order chi connectivity index (χ0) is 10.6. The number of rotatable bonds is 1. The maximum Gasteiger partial charge on any atom is 0.0726 e. The Morgan fingerprint density at radius 2 is 2.29 bits per heavy atom. The van der Waals surface area contributed by atoms with Crippen LogP contribution in [0.4, 0.5) is 0 Å². The van der Waals surface area contributed by atoms with Gasteiger partial charge in [-0.15, -0.1) is 0 Å². The molecule has 1 aliphatic heterocycles. The minimum Gasteiger partial charge on any atom is -0.389 e. The predicted molar refractivity (Wildman–Crippen MR) is 59.3 cm³/mol. The molecule has 2 nitrogen and oxygen atoms in total. The second-order valence-electron chi connectivity index (χ2n) is 4.14. The van der Waals surface area contributed by atoms with E-state index in [0.717, 1.165) is 18.5 Å². The summed E-state index contributed by atoms with van der Waals surface area (Å²) in [6, 6.07) is 0. The van der Waals surface area contributed by atoms with Crippen molar-refractivity contribution in [2.45, 2.75) is 32.8 Å². The fourth-order valence-corrected chi connectivity index (χ4v) is 0.967. The number of aliphatic imine (C=N–C) groups is 1. The Bertz CT molecular complexity index is 309. The highest BCUT2D eigenvalue weighted by Gasteiger charge is 2.19. The number of hydrogen-bond acceptors (Lipinski definition) is 2. The molecular weight excluding hydrogens is 174 g/mol. The first-order chi connectivity index (χ1) is 6.50. The van der Waals surface area contributed by atoms with E-state index in [-0.39, 0.29) is 5.92 Å². The summed E-state index contributed by atoms with van der Waals surface area (Å²) in [5.74, 6) is 6.14. The molecule has 1 unspecified atom stereocenters. The van der Waals surface area contributed by atoms with Gasteiger partial charge in [0.1, 0.15) is 0 Å². The van der Waals surface area contributed by atoms with Crippen LogP contribution in [0.2, 0.25) is 0 Å². The van der Waals surface area contributed by atoms with Gasteiger partial charge in [0.25, 0.3) is 0 Å². The van der Waals surface area contributed by atoms with Crippen LogP contribution < -0.4 is 0 Å². The van der Waals surface area contributed by atoms with Crippen molar-refractivity contribution in [3.05, 3.63) is 11.6 Å². The zero-order valence-electron chi connectivity index (χ0n) is 9.04. The largest absolute Gasteiger partial charge is 0.389 e. The molecule has 0 amide bonds. The second-order valence-corrected chi connectivity index (χ2v) is 4.14. The lowest BCUT2D eigenvalue weighted by atomic mass is 9.93. The molecule has 1 atom stereocenters. The first kappa shape index (κ1) is 11.0. The van der Waals surface area contributed by atoms with Gasteiger partial charge < -0.3 is 5.11 Å². The molecule has 1 aliphatic rings. The Kier molecular flexibility index (Phi) is 3.49. The summed E-state index contributed by atoms with van der Waals surface area (Å²) in [5.41, 5.74) is 0.382. The SMILES string of the molecule is CC(C#CC1=CC=NCC1)C(C)(C)O. The summed E-state index contributed by atoms with van der Waals surface area (Å²) < 4.78 is 0. The lowest BCUT2D eigenvalue weighted by Gasteiger charge is -2.20. The highest BCUT2D eigenvalue weighted by atomic mass is 16.3. The monoisotopic (exact) mass is 191 g/mol. The lowest BCUT2D eigenvalue weighted by molar-refractivity contribution is 0.0477. The van der Waals surface area contributed by atoms with Crippen molar-refractivity contribution >= 4 is 6.21 Å². The smallest absolute Gasteiger partial charge is 0.0726 e. The van der Waals surface area contributed by atoms with Crippen LogP contribution >= 0.6 is 0 Å². The molecule has 0 saturated heterocycles. The second kappa shape index (κ2) is 4.43. The third-order valence-corrected chi connectivity index (χ3v) is 2.40. The van der Waals surface area contributed by atoms with Gasteiger partial charge >= 0.3 is 0 Å². The van der Waals surface area contributed by atoms with E-state index in [0.29, 0.717) is 0 Å². The van der Waals surface area contributed by atoms with Crippen molar-refractivity contribution in [2.75, 3.05) is 6.54 Å². The molecule has 1 rings (SSSR count). The molecule has 0 aromatic carbocycles. The topological polar surface area (TPSA) is 32.6 Å². The van der Waals surface area contributed by atoms with Gasteiger partial charge in [-0.05, 0) is 33.3 Å². The van der Waals surface area contributed by atoms with Crippen LogP contribution in [0, 0.1) is 17.8 Å². The average Bonchev–Trinajstić information content (AvgIpc) is 2.14. The summed E-state index contributed by atoms with van der Waals surface area (Å²) in [4.78, 5) is 4.08. The van der Waals surface area contributed by atoms with Gasteiger partial charge in [-0.2, -0.15) is 0 Å². The Morgan fingerprint density at radius 1 is 1.57 bits per heavy atom. The maximum absolute atomic E-state index is 9.67. The molecule has 2 heteroatoms. The standard InChI is InChI=1S/C12H17NO/c1-10(12(2,3)14)4-5-11-6-8-13-9-7-11/h6,8,10,14H,7,9H2,1-3H3. The molecule has 0 aromatic heterocycles. The average molecular weight is 191 g/mol. The first-order valence-corrected chi connectivity index (χ1v) is 4.93. The molecule has 0 saturated carbocycles. The van der Waals surface area contributed by atoms with Gasteiger partial charge in [-0.1, -0.05) is 11.8 Å². The van der Waals surface area contributed by atoms with Crippen LogP contribution in [0.3, 0.4) is 0 Å². The van der Waals surface area contributed by atoms with E-state index in [1.165, 1.54) is 0 Å². The van der Waals surface area contributed by atoms with E-state index in [2.05, 4.69) is 16.8 Å². The van der Waals surface area contributed by atoms with E-state index in [4.69, 9.17) is 0 Å². The predicted octanol–water partition coefficient (Wildman–Crippen LogP) is 1.80. The van der Waals surface area contributed by atoms with Crippen LogP contribution in [0.5, 0.6) is 0 Å². The Morgan fingerprint density at radius 3 is 2.79 bits per heavy atom. The molecule has 1 N–H and O–H groups in total. The van der Waals surface area contributed by atoms with E-state index >= 15 is 0 Å². The van der Waals surface area contributed by atoms with Crippen molar-refractivity contribution in [1.29, 1.82) is 0 Å². The van der Waals surface area contributed by atoms with Crippen molar-refractivity contribution in [3.63, 3.8) is 0 Å². The molecule has 0 aliphatic carbocycles. The van der Waals surface area contributed by atoms with Gasteiger partial charge in [0.15, 0.2) is 0 Å². The minimum atomic E-state index is -0.726. The summed E-state index contributed by atoms with van der Waals surface area (Å²) in [6.07, 6.45) is 4.65. The normalized spacial score (nSPS) is 18.1. The molecule has 14 heavy (non-hydrogen) atoms. The van der Waals surface area contributed by atoms with Crippen LogP contribution in [0.15, 0.2) is 16.6 Å². The zero-order valence-corrected chi connectivity index (χ0v) is 9.04. The Balaban J connectivity index is 2.63. The van der Waals surface area contributed by atoms with E-state index in [1.807, 2.05) is 13.0 Å². The van der Waals surface area contributed by atoms with Crippen LogP contribution in [0.25, 0.3) is 0 Å². The van der Waals surface area contributed by atoms with Gasteiger partial charge in [-0.25, -0.2) is 0 Å². The molecule has 0 radical (unpaired) electrons. The highest BCUT2D eigenvalue weighted by molar-refractivity contribution is 5.74. The van der Waals surface area contributed by atoms with Gasteiger partial charge in [0, 0.05) is 24.3 Å². The van der Waals surface area contributed by atoms with Gasteiger partial charge in [0.2, 0.25) is 0 Å². The Hall–Kier alpha value is -1.07. The van der Waals surface area contributed by atoms with Crippen LogP contribution in [-0.2, 0) is 0 Å². The number of nitrogens with zero attached hydrogens (tertiary/aromatic N) is 1. The molecule has 0 aromatic rings. The third kappa shape index (κ3) is 3.35. The number of allylic oxidation sites excluding steroid dienone is 1.